The molecule has 0 fully saturated rings. The van der Waals surface area contributed by atoms with Crippen LogP contribution >= 0.6 is 0 Å². The third-order valence-corrected chi connectivity index (χ3v) is 2.83. The van der Waals surface area contributed by atoms with Crippen molar-refractivity contribution in [2.45, 2.75) is 32.8 Å². The smallest absolute Gasteiger partial charge is 0.260 e. The number of carbonyl (C=O) groups is 2. The predicted molar refractivity (Wildman–Crippen MR) is 76.4 cm³/mol. The van der Waals surface area contributed by atoms with E-state index in [9.17, 15) is 9.59 Å². The molecule has 0 saturated carbocycles. The lowest BCUT2D eigenvalue weighted by atomic mass is 10.2. The number of nitrogens with one attached hydrogen (secondary N) is 1. The average Bonchev–Trinajstić information content (AvgIpc) is 2.47. The molecule has 0 heterocycles. The van der Waals surface area contributed by atoms with E-state index in [-0.39, 0.29) is 5.91 Å². The van der Waals surface area contributed by atoms with E-state index in [0.29, 0.717) is 23.6 Å². The number of aldehydes is 1. The van der Waals surface area contributed by atoms with Gasteiger partial charge in [-0.25, -0.2) is 0 Å². The van der Waals surface area contributed by atoms with E-state index in [2.05, 4.69) is 12.2 Å². The van der Waals surface area contributed by atoms with Gasteiger partial charge in [0, 0.05) is 12.1 Å². The third kappa shape index (κ3) is 4.57. The Kier molecular flexibility index (Phi) is 6.56. The first kappa shape index (κ1) is 16.0. The first-order valence-electron chi connectivity index (χ1n) is 6.70. The number of amides is 1. The fourth-order valence-electron chi connectivity index (χ4n) is 1.63. The number of ether oxygens (including phenoxy) is 2. The molecule has 1 amide bonds. The summed E-state index contributed by atoms with van der Waals surface area (Å²) in [5.74, 6) is 0.707. The largest absolute Gasteiger partial charge is 0.493 e. The van der Waals surface area contributed by atoms with Gasteiger partial charge in [0.2, 0.25) is 0 Å². The fraction of sp³-hybridized carbons (Fsp3) is 0.467. The van der Waals surface area contributed by atoms with E-state index in [1.54, 1.807) is 25.1 Å². The summed E-state index contributed by atoms with van der Waals surface area (Å²) < 4.78 is 10.7. The SMILES string of the molecule is CCCCNC(=O)C(C)Oc1ccc(C=O)cc1OC. The number of methoxy groups -OCH3 is 1. The molecule has 1 N–H and O–H groups in total. The predicted octanol–water partition coefficient (Wildman–Crippen LogP) is 2.19. The van der Waals surface area contributed by atoms with E-state index >= 15 is 0 Å². The monoisotopic (exact) mass is 279 g/mol. The molecule has 5 heteroatoms. The van der Waals surface area contributed by atoms with Gasteiger partial charge in [0.05, 0.1) is 7.11 Å². The zero-order valence-electron chi connectivity index (χ0n) is 12.1. The molecule has 0 radical (unpaired) electrons. The van der Waals surface area contributed by atoms with E-state index in [0.717, 1.165) is 19.1 Å². The summed E-state index contributed by atoms with van der Waals surface area (Å²) in [4.78, 5) is 22.5. The van der Waals surface area contributed by atoms with E-state index < -0.39 is 6.10 Å². The number of hydrogen-bond acceptors (Lipinski definition) is 4. The number of carbonyl (C=O) groups excluding carboxylic acids is 2. The Bertz CT molecular complexity index is 459. The highest BCUT2D eigenvalue weighted by Crippen LogP contribution is 2.28. The zero-order chi connectivity index (χ0) is 15.0. The van der Waals surface area contributed by atoms with Gasteiger partial charge < -0.3 is 14.8 Å². The van der Waals surface area contributed by atoms with Crippen LogP contribution in [-0.4, -0.2) is 32.0 Å². The minimum Gasteiger partial charge on any atom is -0.493 e. The molecule has 1 unspecified atom stereocenters. The number of rotatable bonds is 8. The molecule has 5 nitrogen and oxygen atoms in total. The van der Waals surface area contributed by atoms with Crippen LogP contribution in [0.2, 0.25) is 0 Å². The molecule has 110 valence electrons. The summed E-state index contributed by atoms with van der Waals surface area (Å²) >= 11 is 0. The lowest BCUT2D eigenvalue weighted by molar-refractivity contribution is -0.127. The van der Waals surface area contributed by atoms with Gasteiger partial charge >= 0.3 is 0 Å². The quantitative estimate of drug-likeness (QED) is 0.585. The highest BCUT2D eigenvalue weighted by molar-refractivity contribution is 5.81. The molecule has 20 heavy (non-hydrogen) atoms. The van der Waals surface area contributed by atoms with Gasteiger partial charge in [-0.2, -0.15) is 0 Å². The normalized spacial score (nSPS) is 11.6. The molecule has 1 atom stereocenters. The van der Waals surface area contributed by atoms with Gasteiger partial charge in [-0.05, 0) is 31.5 Å². The Hall–Kier alpha value is -2.04. The van der Waals surface area contributed by atoms with Crippen molar-refractivity contribution in [3.05, 3.63) is 23.8 Å². The van der Waals surface area contributed by atoms with Gasteiger partial charge in [-0.1, -0.05) is 13.3 Å². The first-order valence-corrected chi connectivity index (χ1v) is 6.70. The molecule has 1 aromatic rings. The highest BCUT2D eigenvalue weighted by atomic mass is 16.5. The van der Waals surface area contributed by atoms with Crippen molar-refractivity contribution < 1.29 is 19.1 Å². The van der Waals surface area contributed by atoms with Crippen molar-refractivity contribution in [1.29, 1.82) is 0 Å². The van der Waals surface area contributed by atoms with Crippen molar-refractivity contribution in [3.8, 4) is 11.5 Å². The molecule has 0 aliphatic rings. The van der Waals surface area contributed by atoms with Crippen LogP contribution < -0.4 is 14.8 Å². The second kappa shape index (κ2) is 8.19. The van der Waals surface area contributed by atoms with Crippen LogP contribution in [0.4, 0.5) is 0 Å². The summed E-state index contributed by atoms with van der Waals surface area (Å²) in [6.45, 7) is 4.38. The molecular weight excluding hydrogens is 258 g/mol. The fourth-order valence-corrected chi connectivity index (χ4v) is 1.63. The molecule has 0 aliphatic heterocycles. The number of benzene rings is 1. The molecule has 0 saturated heterocycles. The standard InChI is InChI=1S/C15H21NO4/c1-4-5-8-16-15(18)11(2)20-13-7-6-12(10-17)9-14(13)19-3/h6-7,9-11H,4-5,8H2,1-3H3,(H,16,18). The van der Waals surface area contributed by atoms with Crippen LogP contribution in [0.5, 0.6) is 11.5 Å². The van der Waals surface area contributed by atoms with Crippen molar-refractivity contribution in [2.24, 2.45) is 0 Å². The maximum absolute atomic E-state index is 11.8. The second-order valence-corrected chi connectivity index (χ2v) is 4.43. The van der Waals surface area contributed by atoms with Gasteiger partial charge in [-0.3, -0.25) is 9.59 Å². The minimum absolute atomic E-state index is 0.167. The van der Waals surface area contributed by atoms with Gasteiger partial charge in [0.25, 0.3) is 5.91 Å². The zero-order valence-corrected chi connectivity index (χ0v) is 12.1. The molecule has 0 aliphatic carbocycles. The Morgan fingerprint density at radius 2 is 2.15 bits per heavy atom. The third-order valence-electron chi connectivity index (χ3n) is 2.83. The lowest BCUT2D eigenvalue weighted by Gasteiger charge is -2.16. The van der Waals surface area contributed by atoms with Crippen LogP contribution in [-0.2, 0) is 4.79 Å². The van der Waals surface area contributed by atoms with Gasteiger partial charge in [0.15, 0.2) is 17.6 Å². The minimum atomic E-state index is -0.622. The Morgan fingerprint density at radius 3 is 2.75 bits per heavy atom. The topological polar surface area (TPSA) is 64.6 Å². The average molecular weight is 279 g/mol. The van der Waals surface area contributed by atoms with E-state index in [1.807, 2.05) is 0 Å². The summed E-state index contributed by atoms with van der Waals surface area (Å²) in [6, 6.07) is 4.81. The molecule has 0 aromatic heterocycles. The van der Waals surface area contributed by atoms with Gasteiger partial charge in [-0.15, -0.1) is 0 Å². The van der Waals surface area contributed by atoms with Gasteiger partial charge in [0.1, 0.15) is 6.29 Å². The number of hydrogen-bond donors (Lipinski definition) is 1. The van der Waals surface area contributed by atoms with Crippen molar-refractivity contribution >= 4 is 12.2 Å². The van der Waals surface area contributed by atoms with Crippen LogP contribution in [0.1, 0.15) is 37.0 Å². The highest BCUT2D eigenvalue weighted by Gasteiger charge is 2.16. The summed E-state index contributed by atoms with van der Waals surface area (Å²) in [5.41, 5.74) is 0.495. The van der Waals surface area contributed by atoms with Crippen molar-refractivity contribution in [2.75, 3.05) is 13.7 Å². The molecule has 0 bridgehead atoms. The van der Waals surface area contributed by atoms with E-state index in [1.165, 1.54) is 7.11 Å². The van der Waals surface area contributed by atoms with E-state index in [4.69, 9.17) is 9.47 Å². The summed E-state index contributed by atoms with van der Waals surface area (Å²) in [6.07, 6.45) is 2.07. The van der Waals surface area contributed by atoms with Crippen molar-refractivity contribution in [3.63, 3.8) is 0 Å². The Morgan fingerprint density at radius 1 is 1.40 bits per heavy atom. The Labute approximate surface area is 119 Å². The number of unbranched alkanes of at least 4 members (excludes halogenated alkanes) is 1. The maximum Gasteiger partial charge on any atom is 0.260 e. The van der Waals surface area contributed by atoms with Crippen LogP contribution in [0, 0.1) is 0 Å². The first-order chi connectivity index (χ1) is 9.62. The maximum atomic E-state index is 11.8. The molecule has 1 aromatic carbocycles. The lowest BCUT2D eigenvalue weighted by Crippen LogP contribution is -2.36. The molecule has 0 spiro atoms. The Balaban J connectivity index is 2.67. The van der Waals surface area contributed by atoms with Crippen LogP contribution in [0.15, 0.2) is 18.2 Å². The molecule has 1 rings (SSSR count). The van der Waals surface area contributed by atoms with Crippen molar-refractivity contribution in [1.82, 2.24) is 5.32 Å². The summed E-state index contributed by atoms with van der Waals surface area (Å²) in [7, 11) is 1.49. The molecular formula is C15H21NO4. The van der Waals surface area contributed by atoms with Crippen LogP contribution in [0.3, 0.4) is 0 Å². The second-order valence-electron chi connectivity index (χ2n) is 4.43. The summed E-state index contributed by atoms with van der Waals surface area (Å²) in [5, 5.41) is 2.80. The van der Waals surface area contributed by atoms with Crippen LogP contribution in [0.25, 0.3) is 0 Å².